The number of hydrogen-bond donors (Lipinski definition) is 0. The topological polar surface area (TPSA) is 43.4 Å². The molecule has 0 amide bonds. The molecule has 0 radical (unpaired) electrons. The third-order valence-electron chi connectivity index (χ3n) is 4.84. The lowest BCUT2D eigenvalue weighted by Gasteiger charge is -2.29. The third-order valence-corrected chi connectivity index (χ3v) is 4.84. The molecule has 0 aliphatic rings. The molecule has 0 saturated heterocycles. The van der Waals surface area contributed by atoms with Gasteiger partial charge in [0.1, 0.15) is 5.75 Å². The van der Waals surface area contributed by atoms with E-state index in [0.29, 0.717) is 23.3 Å². The van der Waals surface area contributed by atoms with Crippen molar-refractivity contribution in [1.82, 2.24) is 0 Å². The second-order valence-corrected chi connectivity index (χ2v) is 6.53. The van der Waals surface area contributed by atoms with Gasteiger partial charge in [-0.2, -0.15) is 0 Å². The highest BCUT2D eigenvalue weighted by Crippen LogP contribution is 2.32. The van der Waals surface area contributed by atoms with Crippen molar-refractivity contribution in [3.8, 4) is 5.75 Å². The summed E-state index contributed by atoms with van der Waals surface area (Å²) in [4.78, 5) is 24.8. The van der Waals surface area contributed by atoms with Crippen LogP contribution in [-0.2, 0) is 4.79 Å². The molecule has 0 aromatic heterocycles. The minimum absolute atomic E-state index is 0.0472. The molecular weight excluding hydrogens is 300 g/mol. The van der Waals surface area contributed by atoms with E-state index >= 15 is 0 Å². The molecular formula is C21H24O3. The van der Waals surface area contributed by atoms with Gasteiger partial charge in [-0.3, -0.25) is 9.59 Å². The highest BCUT2D eigenvalue weighted by molar-refractivity contribution is 6.09. The molecule has 2 aromatic rings. The molecule has 1 atom stereocenters. The first-order chi connectivity index (χ1) is 11.4. The summed E-state index contributed by atoms with van der Waals surface area (Å²) in [5.41, 5.74) is 0.696. The number of hydrogen-bond acceptors (Lipinski definition) is 3. The smallest absolute Gasteiger partial charge is 0.317 e. The molecule has 0 aliphatic heterocycles. The molecule has 3 nitrogen and oxygen atoms in total. The van der Waals surface area contributed by atoms with E-state index in [-0.39, 0.29) is 17.7 Å². The van der Waals surface area contributed by atoms with Crippen LogP contribution in [0.25, 0.3) is 0 Å². The summed E-state index contributed by atoms with van der Waals surface area (Å²) in [5.74, 6) is 0.370. The van der Waals surface area contributed by atoms with Crippen LogP contribution >= 0.6 is 0 Å². The van der Waals surface area contributed by atoms with E-state index < -0.39 is 5.41 Å². The SMILES string of the molecule is CCC(C)(C(=O)Oc1ccc(C(=O)c2ccccc2)cc1)C(C)C. The minimum atomic E-state index is -0.515. The van der Waals surface area contributed by atoms with E-state index in [2.05, 4.69) is 0 Å². The number of carbonyl (C=O) groups is 2. The second kappa shape index (κ2) is 7.43. The van der Waals surface area contributed by atoms with Gasteiger partial charge in [0.15, 0.2) is 5.78 Å². The van der Waals surface area contributed by atoms with E-state index in [0.717, 1.165) is 0 Å². The highest BCUT2D eigenvalue weighted by atomic mass is 16.5. The maximum absolute atomic E-state index is 12.5. The van der Waals surface area contributed by atoms with Crippen molar-refractivity contribution >= 4 is 11.8 Å². The Morgan fingerprint density at radius 3 is 2.00 bits per heavy atom. The summed E-state index contributed by atoms with van der Waals surface area (Å²) < 4.78 is 5.52. The molecule has 2 aromatic carbocycles. The van der Waals surface area contributed by atoms with Crippen molar-refractivity contribution in [2.24, 2.45) is 11.3 Å². The normalized spacial score (nSPS) is 13.4. The first-order valence-electron chi connectivity index (χ1n) is 8.30. The predicted octanol–water partition coefficient (Wildman–Crippen LogP) is 4.90. The lowest BCUT2D eigenvalue weighted by Crippen LogP contribution is -2.36. The molecule has 0 N–H and O–H groups in total. The fourth-order valence-electron chi connectivity index (χ4n) is 2.44. The fourth-order valence-corrected chi connectivity index (χ4v) is 2.44. The molecule has 0 heterocycles. The van der Waals surface area contributed by atoms with Gasteiger partial charge >= 0.3 is 5.97 Å². The van der Waals surface area contributed by atoms with E-state index in [1.807, 2.05) is 45.9 Å². The summed E-state index contributed by atoms with van der Waals surface area (Å²) in [5, 5.41) is 0. The summed E-state index contributed by atoms with van der Waals surface area (Å²) in [6.07, 6.45) is 0.716. The Morgan fingerprint density at radius 2 is 1.50 bits per heavy atom. The zero-order valence-corrected chi connectivity index (χ0v) is 14.7. The average molecular weight is 324 g/mol. The lowest BCUT2D eigenvalue weighted by atomic mass is 9.77. The molecule has 3 heteroatoms. The predicted molar refractivity (Wildman–Crippen MR) is 95.2 cm³/mol. The Balaban J connectivity index is 2.13. The molecule has 1 unspecified atom stereocenters. The standard InChI is InChI=1S/C21H24O3/c1-5-21(4,15(2)3)20(23)24-18-13-11-17(12-14-18)19(22)16-9-7-6-8-10-16/h6-15H,5H2,1-4H3. The van der Waals surface area contributed by atoms with E-state index in [9.17, 15) is 9.59 Å². The van der Waals surface area contributed by atoms with Crippen molar-refractivity contribution in [2.45, 2.75) is 34.1 Å². The number of carbonyl (C=O) groups excluding carboxylic acids is 2. The van der Waals surface area contributed by atoms with Gasteiger partial charge in [0, 0.05) is 11.1 Å². The first kappa shape index (κ1) is 17.9. The number of esters is 1. The summed E-state index contributed by atoms with van der Waals surface area (Å²) in [7, 11) is 0. The Morgan fingerprint density at radius 1 is 0.958 bits per heavy atom. The Hall–Kier alpha value is -2.42. The molecule has 0 fully saturated rings. The molecule has 0 bridgehead atoms. The molecule has 2 rings (SSSR count). The molecule has 0 aliphatic carbocycles. The van der Waals surface area contributed by atoms with Gasteiger partial charge in [0.25, 0.3) is 0 Å². The van der Waals surface area contributed by atoms with Gasteiger partial charge in [0.05, 0.1) is 5.41 Å². The maximum atomic E-state index is 12.5. The van der Waals surface area contributed by atoms with Gasteiger partial charge < -0.3 is 4.74 Å². The van der Waals surface area contributed by atoms with Crippen LogP contribution in [0.2, 0.25) is 0 Å². The second-order valence-electron chi connectivity index (χ2n) is 6.53. The van der Waals surface area contributed by atoms with Crippen molar-refractivity contribution in [3.63, 3.8) is 0 Å². The average Bonchev–Trinajstić information content (AvgIpc) is 2.61. The van der Waals surface area contributed by atoms with Crippen molar-refractivity contribution in [1.29, 1.82) is 0 Å². The van der Waals surface area contributed by atoms with Crippen LogP contribution in [0.4, 0.5) is 0 Å². The number of rotatable bonds is 6. The zero-order valence-electron chi connectivity index (χ0n) is 14.7. The molecule has 24 heavy (non-hydrogen) atoms. The quantitative estimate of drug-likeness (QED) is 0.431. The number of benzene rings is 2. The van der Waals surface area contributed by atoms with E-state index in [1.165, 1.54) is 0 Å². The summed E-state index contributed by atoms with van der Waals surface area (Å²) in [6, 6.07) is 15.8. The first-order valence-corrected chi connectivity index (χ1v) is 8.30. The molecule has 0 spiro atoms. The Labute approximate surface area is 143 Å². The van der Waals surface area contributed by atoms with Crippen molar-refractivity contribution in [2.75, 3.05) is 0 Å². The summed E-state index contributed by atoms with van der Waals surface area (Å²) >= 11 is 0. The maximum Gasteiger partial charge on any atom is 0.317 e. The lowest BCUT2D eigenvalue weighted by molar-refractivity contribution is -0.147. The Kier molecular flexibility index (Phi) is 5.55. The van der Waals surface area contributed by atoms with Crippen LogP contribution < -0.4 is 4.74 Å². The van der Waals surface area contributed by atoms with E-state index in [4.69, 9.17) is 4.74 Å². The van der Waals surface area contributed by atoms with Gasteiger partial charge in [-0.1, -0.05) is 51.1 Å². The van der Waals surface area contributed by atoms with Crippen LogP contribution in [0.1, 0.15) is 50.0 Å². The largest absolute Gasteiger partial charge is 0.426 e. The zero-order chi connectivity index (χ0) is 17.7. The van der Waals surface area contributed by atoms with Gasteiger partial charge in [-0.15, -0.1) is 0 Å². The third kappa shape index (κ3) is 3.73. The molecule has 126 valence electrons. The van der Waals surface area contributed by atoms with Gasteiger partial charge in [0.2, 0.25) is 0 Å². The van der Waals surface area contributed by atoms with Crippen LogP contribution in [0.15, 0.2) is 54.6 Å². The highest BCUT2D eigenvalue weighted by Gasteiger charge is 2.36. The van der Waals surface area contributed by atoms with E-state index in [1.54, 1.807) is 36.4 Å². The van der Waals surface area contributed by atoms with Crippen molar-refractivity contribution in [3.05, 3.63) is 65.7 Å². The van der Waals surface area contributed by atoms with Crippen molar-refractivity contribution < 1.29 is 14.3 Å². The van der Waals surface area contributed by atoms with Crippen LogP contribution in [0.3, 0.4) is 0 Å². The number of ether oxygens (including phenoxy) is 1. The van der Waals surface area contributed by atoms with Gasteiger partial charge in [-0.05, 0) is 43.5 Å². The van der Waals surface area contributed by atoms with Gasteiger partial charge in [-0.25, -0.2) is 0 Å². The fraction of sp³-hybridized carbons (Fsp3) is 0.333. The minimum Gasteiger partial charge on any atom is -0.426 e. The van der Waals surface area contributed by atoms with Crippen LogP contribution in [0, 0.1) is 11.3 Å². The Bertz CT molecular complexity index is 702. The van der Waals surface area contributed by atoms with Crippen LogP contribution in [-0.4, -0.2) is 11.8 Å². The summed E-state index contributed by atoms with van der Waals surface area (Å²) in [6.45, 7) is 7.95. The number of ketones is 1. The monoisotopic (exact) mass is 324 g/mol. The van der Waals surface area contributed by atoms with Crippen LogP contribution in [0.5, 0.6) is 5.75 Å². The molecule has 0 saturated carbocycles.